The second-order valence-electron chi connectivity index (χ2n) is 8.41. The van der Waals surface area contributed by atoms with Crippen LogP contribution in [0, 0.1) is 6.92 Å². The van der Waals surface area contributed by atoms with E-state index in [9.17, 15) is 14.7 Å². The number of amides is 1. The predicted molar refractivity (Wildman–Crippen MR) is 132 cm³/mol. The van der Waals surface area contributed by atoms with Crippen LogP contribution in [0.5, 0.6) is 11.5 Å². The second kappa shape index (κ2) is 10.4. The molecule has 35 heavy (non-hydrogen) atoms. The number of nitrogens with zero attached hydrogens (tertiary/aromatic N) is 2. The van der Waals surface area contributed by atoms with E-state index in [-0.39, 0.29) is 17.9 Å². The maximum absolute atomic E-state index is 13.3. The fourth-order valence-electron chi connectivity index (χ4n) is 4.13. The van der Waals surface area contributed by atoms with Crippen molar-refractivity contribution in [2.24, 2.45) is 0 Å². The fraction of sp³-hybridized carbons (Fsp3) is 0.250. The molecule has 0 saturated carbocycles. The average molecular weight is 473 g/mol. The number of benzene rings is 2. The van der Waals surface area contributed by atoms with Gasteiger partial charge in [0.05, 0.1) is 25.3 Å². The molecule has 1 aliphatic heterocycles. The van der Waals surface area contributed by atoms with E-state index in [4.69, 9.17) is 9.47 Å². The Morgan fingerprint density at radius 3 is 2.51 bits per heavy atom. The van der Waals surface area contributed by atoms with Crippen LogP contribution in [0.3, 0.4) is 0 Å². The van der Waals surface area contributed by atoms with Gasteiger partial charge in [0.2, 0.25) is 0 Å². The second-order valence-corrected chi connectivity index (χ2v) is 8.41. The van der Waals surface area contributed by atoms with Gasteiger partial charge in [-0.25, -0.2) is 0 Å². The van der Waals surface area contributed by atoms with Gasteiger partial charge in [-0.05, 0) is 42.7 Å². The summed E-state index contributed by atoms with van der Waals surface area (Å²) in [6.45, 7) is 4.63. The van der Waals surface area contributed by atoms with Crippen LogP contribution in [0.25, 0.3) is 5.76 Å². The van der Waals surface area contributed by atoms with Crippen LogP contribution in [0.2, 0.25) is 0 Å². The van der Waals surface area contributed by atoms with E-state index in [1.807, 2.05) is 32.0 Å². The molecule has 1 fully saturated rings. The molecule has 0 aliphatic carbocycles. The van der Waals surface area contributed by atoms with Gasteiger partial charge in [0.25, 0.3) is 11.7 Å². The van der Waals surface area contributed by atoms with E-state index < -0.39 is 17.7 Å². The summed E-state index contributed by atoms with van der Waals surface area (Å²) < 4.78 is 11.3. The Morgan fingerprint density at radius 1 is 1.09 bits per heavy atom. The zero-order valence-electron chi connectivity index (χ0n) is 20.0. The van der Waals surface area contributed by atoms with Crippen molar-refractivity contribution in [3.05, 3.63) is 94.8 Å². The Bertz CT molecular complexity index is 1250. The van der Waals surface area contributed by atoms with Gasteiger partial charge in [-0.2, -0.15) is 0 Å². The summed E-state index contributed by atoms with van der Waals surface area (Å²) in [4.78, 5) is 32.0. The van der Waals surface area contributed by atoms with Crippen molar-refractivity contribution < 1.29 is 24.2 Å². The molecule has 1 saturated heterocycles. The first-order valence-electron chi connectivity index (χ1n) is 11.5. The highest BCUT2D eigenvalue weighted by molar-refractivity contribution is 6.46. The lowest BCUT2D eigenvalue weighted by Crippen LogP contribution is -2.29. The standard InChI is InChI=1S/C28H28N2O5/c1-4-14-35-22-12-11-21(15-23(22)34-3)25-24(26(31)20-9-7-18(2)8-10-20)27(32)28(33)30(25)17-19-6-5-13-29-16-19/h5-13,15-16,25,31H,4,14,17H2,1-3H3. The molecular formula is C28H28N2O5. The molecule has 1 aliphatic rings. The number of aliphatic hydroxyl groups excluding tert-OH is 1. The van der Waals surface area contributed by atoms with Crippen molar-refractivity contribution in [3.8, 4) is 11.5 Å². The van der Waals surface area contributed by atoms with Crippen molar-refractivity contribution in [2.45, 2.75) is 32.9 Å². The third-order valence-corrected chi connectivity index (χ3v) is 5.91. The lowest BCUT2D eigenvalue weighted by molar-refractivity contribution is -0.140. The molecule has 4 rings (SSSR count). The van der Waals surface area contributed by atoms with Crippen LogP contribution in [0.15, 0.2) is 72.6 Å². The monoisotopic (exact) mass is 472 g/mol. The molecular weight excluding hydrogens is 444 g/mol. The molecule has 1 N–H and O–H groups in total. The molecule has 180 valence electrons. The Kier molecular flexibility index (Phi) is 7.15. The lowest BCUT2D eigenvalue weighted by Gasteiger charge is -2.26. The predicted octanol–water partition coefficient (Wildman–Crippen LogP) is 4.81. The molecule has 2 aromatic carbocycles. The number of rotatable bonds is 8. The first-order chi connectivity index (χ1) is 16.9. The molecule has 1 amide bonds. The van der Waals surface area contributed by atoms with Gasteiger partial charge in [0.15, 0.2) is 11.5 Å². The van der Waals surface area contributed by atoms with Crippen LogP contribution in [0.4, 0.5) is 0 Å². The number of methoxy groups -OCH3 is 1. The zero-order valence-corrected chi connectivity index (χ0v) is 20.0. The first kappa shape index (κ1) is 24.0. The number of hydrogen-bond donors (Lipinski definition) is 1. The zero-order chi connectivity index (χ0) is 24.9. The van der Waals surface area contributed by atoms with E-state index >= 15 is 0 Å². The molecule has 0 bridgehead atoms. The van der Waals surface area contributed by atoms with Gasteiger partial charge in [-0.15, -0.1) is 0 Å². The minimum atomic E-state index is -0.814. The molecule has 3 aromatic rings. The maximum atomic E-state index is 13.3. The van der Waals surface area contributed by atoms with Crippen molar-refractivity contribution in [1.29, 1.82) is 0 Å². The summed E-state index contributed by atoms with van der Waals surface area (Å²) in [6, 6.07) is 15.3. The van der Waals surface area contributed by atoms with Crippen LogP contribution in [-0.4, -0.2) is 40.4 Å². The molecule has 0 spiro atoms. The SMILES string of the molecule is CCCOc1ccc(C2C(=C(O)c3ccc(C)cc3)C(=O)C(=O)N2Cc2cccnc2)cc1OC. The smallest absolute Gasteiger partial charge is 0.295 e. The van der Waals surface area contributed by atoms with Crippen molar-refractivity contribution >= 4 is 17.4 Å². The number of aryl methyl sites for hydroxylation is 1. The molecule has 7 heteroatoms. The van der Waals surface area contributed by atoms with Crippen LogP contribution < -0.4 is 9.47 Å². The lowest BCUT2D eigenvalue weighted by atomic mass is 9.94. The van der Waals surface area contributed by atoms with E-state index in [1.54, 1.807) is 48.8 Å². The number of aromatic nitrogens is 1. The minimum Gasteiger partial charge on any atom is -0.507 e. The topological polar surface area (TPSA) is 89.0 Å². The van der Waals surface area contributed by atoms with E-state index in [0.717, 1.165) is 17.5 Å². The summed E-state index contributed by atoms with van der Waals surface area (Å²) in [5.74, 6) is -0.577. The van der Waals surface area contributed by atoms with Gasteiger partial charge in [0.1, 0.15) is 5.76 Å². The molecule has 1 atom stereocenters. The number of pyridine rings is 1. The number of ether oxygens (including phenoxy) is 2. The number of Topliss-reactive ketones (excluding diaryl/α,β-unsaturated/α-hetero) is 1. The van der Waals surface area contributed by atoms with E-state index in [2.05, 4.69) is 4.98 Å². The number of hydrogen-bond acceptors (Lipinski definition) is 6. The molecule has 1 unspecified atom stereocenters. The summed E-state index contributed by atoms with van der Waals surface area (Å²) >= 11 is 0. The normalized spacial score (nSPS) is 17.0. The summed E-state index contributed by atoms with van der Waals surface area (Å²) in [7, 11) is 1.54. The highest BCUT2D eigenvalue weighted by Gasteiger charge is 2.46. The molecule has 7 nitrogen and oxygen atoms in total. The maximum Gasteiger partial charge on any atom is 0.295 e. The number of carbonyl (C=O) groups excluding carboxylic acids is 2. The minimum absolute atomic E-state index is 0.0343. The quantitative estimate of drug-likeness (QED) is 0.288. The van der Waals surface area contributed by atoms with Crippen LogP contribution >= 0.6 is 0 Å². The van der Waals surface area contributed by atoms with Gasteiger partial charge in [-0.1, -0.05) is 48.9 Å². The fourth-order valence-corrected chi connectivity index (χ4v) is 4.13. The van der Waals surface area contributed by atoms with Crippen LogP contribution in [0.1, 0.15) is 41.6 Å². The summed E-state index contributed by atoms with van der Waals surface area (Å²) in [5, 5.41) is 11.2. The Morgan fingerprint density at radius 2 is 1.86 bits per heavy atom. The Balaban J connectivity index is 1.85. The molecule has 1 aromatic heterocycles. The molecule has 0 radical (unpaired) electrons. The van der Waals surface area contributed by atoms with Crippen molar-refractivity contribution in [1.82, 2.24) is 9.88 Å². The van der Waals surface area contributed by atoms with E-state index in [1.165, 1.54) is 12.0 Å². The van der Waals surface area contributed by atoms with Crippen LogP contribution in [-0.2, 0) is 16.1 Å². The highest BCUT2D eigenvalue weighted by atomic mass is 16.5. The summed E-state index contributed by atoms with van der Waals surface area (Å²) in [5.41, 5.74) is 2.91. The number of carbonyl (C=O) groups is 2. The number of likely N-dealkylation sites (tertiary alicyclic amines) is 1. The van der Waals surface area contributed by atoms with Gasteiger partial charge >= 0.3 is 0 Å². The summed E-state index contributed by atoms with van der Waals surface area (Å²) in [6.07, 6.45) is 4.14. The Hall–Kier alpha value is -4.13. The van der Waals surface area contributed by atoms with E-state index in [0.29, 0.717) is 29.2 Å². The highest BCUT2D eigenvalue weighted by Crippen LogP contribution is 2.42. The largest absolute Gasteiger partial charge is 0.507 e. The first-order valence-corrected chi connectivity index (χ1v) is 11.5. The third-order valence-electron chi connectivity index (χ3n) is 5.91. The van der Waals surface area contributed by atoms with Gasteiger partial charge < -0.3 is 19.5 Å². The van der Waals surface area contributed by atoms with Crippen molar-refractivity contribution in [2.75, 3.05) is 13.7 Å². The van der Waals surface area contributed by atoms with Gasteiger partial charge in [0, 0.05) is 24.5 Å². The Labute approximate surface area is 204 Å². The average Bonchev–Trinajstić information content (AvgIpc) is 3.13. The van der Waals surface area contributed by atoms with Crippen molar-refractivity contribution in [3.63, 3.8) is 0 Å². The third kappa shape index (κ3) is 4.89. The van der Waals surface area contributed by atoms with Gasteiger partial charge in [-0.3, -0.25) is 14.6 Å². The molecule has 2 heterocycles. The number of ketones is 1. The number of aliphatic hydroxyl groups is 1.